The smallest absolute Gasteiger partial charge is 0.395 e. The molecule has 20 heteroatoms. The zero-order valence-corrected chi connectivity index (χ0v) is 25.2. The van der Waals surface area contributed by atoms with Crippen LogP contribution in [0.2, 0.25) is 0 Å². The third-order valence-corrected chi connectivity index (χ3v) is 12.2. The first kappa shape index (κ1) is 37.7. The van der Waals surface area contributed by atoms with Gasteiger partial charge >= 0.3 is 23.2 Å². The van der Waals surface area contributed by atoms with Crippen molar-refractivity contribution in [1.29, 1.82) is 0 Å². The van der Waals surface area contributed by atoms with Crippen LogP contribution in [0.25, 0.3) is 0 Å². The molecule has 0 radical (unpaired) electrons. The molecule has 0 aromatic rings. The average Bonchev–Trinajstić information content (AvgIpc) is 3.56. The van der Waals surface area contributed by atoms with E-state index in [2.05, 4.69) is 9.05 Å². The maximum Gasteiger partial charge on any atom is 0.474 e. The average molecular weight is 659 g/mol. The molecular formula is C16H37O13P3S4. The van der Waals surface area contributed by atoms with Crippen molar-refractivity contribution < 1.29 is 60.1 Å². The van der Waals surface area contributed by atoms with E-state index < -0.39 is 23.2 Å². The summed E-state index contributed by atoms with van der Waals surface area (Å²) < 4.78 is 72.6. The van der Waals surface area contributed by atoms with Gasteiger partial charge in [-0.25, -0.2) is 9.13 Å². The molecule has 0 amide bonds. The van der Waals surface area contributed by atoms with Crippen LogP contribution in [0, 0.1) is 0 Å². The van der Waals surface area contributed by atoms with Crippen molar-refractivity contribution in [1.82, 2.24) is 0 Å². The van der Waals surface area contributed by atoms with E-state index >= 15 is 0 Å². The molecule has 0 spiro atoms. The summed E-state index contributed by atoms with van der Waals surface area (Å²) in [5, 5.41) is 16.5. The van der Waals surface area contributed by atoms with Crippen LogP contribution in [0.15, 0.2) is 0 Å². The summed E-state index contributed by atoms with van der Waals surface area (Å²) in [7, 11) is -2.87. The molecule has 3 rings (SSSR count). The third-order valence-electron chi connectivity index (χ3n) is 3.25. The number of phosphoric ester groups is 2. The highest BCUT2D eigenvalue weighted by Crippen LogP contribution is 2.53. The number of phosphoric acid groups is 2. The van der Waals surface area contributed by atoms with Crippen LogP contribution in [-0.2, 0) is 49.9 Å². The molecular weight excluding hydrogens is 621 g/mol. The van der Waals surface area contributed by atoms with E-state index in [0.29, 0.717) is 51.1 Å². The molecule has 0 aromatic carbocycles. The van der Waals surface area contributed by atoms with Crippen molar-refractivity contribution in [3.63, 3.8) is 0 Å². The number of hydrogen-bond donors (Lipinski definition) is 2. The fraction of sp³-hybridized carbons (Fsp3) is 1.00. The topological polar surface area (TPSA) is 166 Å². The lowest BCUT2D eigenvalue weighted by Crippen LogP contribution is -1.97. The van der Waals surface area contributed by atoms with Gasteiger partial charge in [0.25, 0.3) is 0 Å². The lowest BCUT2D eigenvalue weighted by Gasteiger charge is -2.10. The fourth-order valence-electron chi connectivity index (χ4n) is 1.94. The van der Waals surface area contributed by atoms with Gasteiger partial charge in [0.2, 0.25) is 0 Å². The summed E-state index contributed by atoms with van der Waals surface area (Å²) in [5.74, 6) is 2.77. The summed E-state index contributed by atoms with van der Waals surface area (Å²) >= 11 is 0. The Morgan fingerprint density at radius 1 is 0.611 bits per heavy atom. The van der Waals surface area contributed by atoms with Gasteiger partial charge < -0.3 is 19.3 Å². The minimum Gasteiger partial charge on any atom is -0.395 e. The Morgan fingerprint density at radius 3 is 1.19 bits per heavy atom. The van der Waals surface area contributed by atoms with Crippen LogP contribution in [-0.4, -0.2) is 106 Å². The van der Waals surface area contributed by atoms with Crippen LogP contribution in [0.1, 0.15) is 7.43 Å². The molecule has 36 heavy (non-hydrogen) atoms. The second-order valence-corrected chi connectivity index (χ2v) is 16.9. The first-order valence-corrected chi connectivity index (χ1v) is 20.3. The Labute approximate surface area is 229 Å². The lowest BCUT2D eigenvalue weighted by molar-refractivity contribution is 0.199. The standard InChI is InChI=1S/C8H16O8P2S2.C4H10O2S2.C3H7O3P.CH4/c9-17(11-1-2-12-17)15-5-7-19-20-8-6-16-18(10)13-3-4-14-18;5-1-3-7-8-4-2-6;1-7(4)5-2-3-6-7;/h1-8H2;5-6H,1-4H2;2-3H2,1H3;1H4. The quantitative estimate of drug-likeness (QED) is 0.151. The van der Waals surface area contributed by atoms with Gasteiger partial charge in [0.15, 0.2) is 0 Å². The van der Waals surface area contributed by atoms with Crippen LogP contribution < -0.4 is 0 Å². The Morgan fingerprint density at radius 2 is 0.917 bits per heavy atom. The first-order chi connectivity index (χ1) is 16.7. The van der Waals surface area contributed by atoms with Gasteiger partial charge in [-0.15, -0.1) is 0 Å². The molecule has 3 fully saturated rings. The highest BCUT2D eigenvalue weighted by Gasteiger charge is 2.32. The van der Waals surface area contributed by atoms with Gasteiger partial charge in [0.05, 0.1) is 66.1 Å². The van der Waals surface area contributed by atoms with E-state index in [9.17, 15) is 13.7 Å². The van der Waals surface area contributed by atoms with Gasteiger partial charge in [0, 0.05) is 29.7 Å². The van der Waals surface area contributed by atoms with Gasteiger partial charge in [-0.1, -0.05) is 50.6 Å². The van der Waals surface area contributed by atoms with E-state index in [1.165, 1.54) is 28.3 Å². The SMILES string of the molecule is C.CP1(=O)OCCO1.O=P1(OCCSSCCOP2(=O)OCCO2)OCCO1.OCCSSCCO. The number of aliphatic hydroxyl groups is 2. The molecule has 3 saturated heterocycles. The fourth-order valence-corrected chi connectivity index (χ4v) is 8.54. The summed E-state index contributed by atoms with van der Waals surface area (Å²) in [6.45, 7) is 4.66. The van der Waals surface area contributed by atoms with Crippen LogP contribution in [0.4, 0.5) is 0 Å². The first-order valence-electron chi connectivity index (χ1n) is 10.4. The van der Waals surface area contributed by atoms with Crippen LogP contribution >= 0.6 is 66.4 Å². The summed E-state index contributed by atoms with van der Waals surface area (Å²) in [5.41, 5.74) is 0. The van der Waals surface area contributed by atoms with E-state index in [4.69, 9.17) is 37.4 Å². The van der Waals surface area contributed by atoms with Crippen molar-refractivity contribution in [2.45, 2.75) is 7.43 Å². The number of aliphatic hydroxyl groups excluding tert-OH is 2. The largest absolute Gasteiger partial charge is 0.474 e. The van der Waals surface area contributed by atoms with Crippen LogP contribution in [0.5, 0.6) is 0 Å². The van der Waals surface area contributed by atoms with Gasteiger partial charge in [0.1, 0.15) is 0 Å². The van der Waals surface area contributed by atoms with Gasteiger partial charge in [-0.2, -0.15) is 0 Å². The predicted octanol–water partition coefficient (Wildman–Crippen LogP) is 4.56. The van der Waals surface area contributed by atoms with E-state index in [0.717, 1.165) is 11.5 Å². The van der Waals surface area contributed by atoms with Gasteiger partial charge in [-0.05, 0) is 0 Å². The normalized spacial score (nSPS) is 21.1. The van der Waals surface area contributed by atoms with Crippen molar-refractivity contribution >= 4 is 66.4 Å². The Bertz CT molecular complexity index is 622. The molecule has 0 aromatic heterocycles. The molecule has 0 saturated carbocycles. The molecule has 0 aliphatic carbocycles. The molecule has 2 N–H and O–H groups in total. The molecule has 3 aliphatic heterocycles. The van der Waals surface area contributed by atoms with Crippen molar-refractivity contribution in [3.8, 4) is 0 Å². The summed E-state index contributed by atoms with van der Waals surface area (Å²) in [6.07, 6.45) is 0. The second kappa shape index (κ2) is 22.4. The Hall–Kier alpha value is 1.69. The maximum absolute atomic E-state index is 11.6. The van der Waals surface area contributed by atoms with E-state index in [-0.39, 0.29) is 33.9 Å². The summed E-state index contributed by atoms with van der Waals surface area (Å²) in [4.78, 5) is 0. The summed E-state index contributed by atoms with van der Waals surface area (Å²) in [6, 6.07) is 0. The van der Waals surface area contributed by atoms with Crippen molar-refractivity contribution in [2.24, 2.45) is 0 Å². The maximum atomic E-state index is 11.6. The third kappa shape index (κ3) is 19.7. The predicted molar refractivity (Wildman–Crippen MR) is 147 cm³/mol. The molecule has 3 aliphatic rings. The van der Waals surface area contributed by atoms with Gasteiger partial charge in [-0.3, -0.25) is 31.7 Å². The van der Waals surface area contributed by atoms with Crippen molar-refractivity contribution in [3.05, 3.63) is 0 Å². The van der Waals surface area contributed by atoms with Crippen LogP contribution in [0.3, 0.4) is 0 Å². The molecule has 0 unspecified atom stereocenters. The zero-order valence-electron chi connectivity index (χ0n) is 19.3. The minimum absolute atomic E-state index is 0. The molecule has 0 atom stereocenters. The Kier molecular flexibility index (Phi) is 23.4. The van der Waals surface area contributed by atoms with E-state index in [1.54, 1.807) is 21.6 Å². The highest BCUT2D eigenvalue weighted by molar-refractivity contribution is 8.77. The molecule has 0 bridgehead atoms. The van der Waals surface area contributed by atoms with E-state index in [1.807, 2.05) is 0 Å². The van der Waals surface area contributed by atoms with Crippen molar-refractivity contribution in [2.75, 3.05) is 95.7 Å². The number of hydrogen-bond acceptors (Lipinski definition) is 17. The monoisotopic (exact) mass is 658 g/mol. The lowest BCUT2D eigenvalue weighted by atomic mass is 10.8. The second-order valence-electron chi connectivity index (χ2n) is 6.07. The Balaban J connectivity index is 0.000000631. The number of rotatable bonds is 14. The molecule has 13 nitrogen and oxygen atoms in total. The molecule has 3 heterocycles. The minimum atomic E-state index is -3.27. The zero-order chi connectivity index (χ0) is 25.9. The molecule has 218 valence electrons. The highest BCUT2D eigenvalue weighted by atomic mass is 33.1.